The van der Waals surface area contributed by atoms with Crippen molar-refractivity contribution in [2.75, 3.05) is 13.2 Å². The van der Waals surface area contributed by atoms with Crippen molar-refractivity contribution >= 4 is 0 Å². The number of aromatic nitrogens is 1. The first-order valence-corrected chi connectivity index (χ1v) is 4.85. The molecule has 0 fully saturated rings. The second kappa shape index (κ2) is 3.42. The highest BCUT2D eigenvalue weighted by Crippen LogP contribution is 2.28. The monoisotopic (exact) mass is 180 g/mol. The van der Waals surface area contributed by atoms with Crippen LogP contribution in [0, 0.1) is 6.92 Å². The maximum Gasteiger partial charge on any atom is 0.197 e. The van der Waals surface area contributed by atoms with E-state index in [9.17, 15) is 0 Å². The number of hydrogen-bond acceptors (Lipinski definition) is 2. The van der Waals surface area contributed by atoms with Crippen molar-refractivity contribution in [3.63, 3.8) is 0 Å². The molecule has 1 aromatic heterocycles. The van der Waals surface area contributed by atoms with Crippen molar-refractivity contribution < 1.29 is 4.74 Å². The lowest BCUT2D eigenvalue weighted by Crippen LogP contribution is -2.00. The van der Waals surface area contributed by atoms with Gasteiger partial charge in [-0.05, 0) is 32.4 Å². The molecule has 0 spiro atoms. The molecule has 1 aromatic rings. The van der Waals surface area contributed by atoms with Crippen LogP contribution in [-0.4, -0.2) is 17.7 Å². The quantitative estimate of drug-likeness (QED) is 0.756. The summed E-state index contributed by atoms with van der Waals surface area (Å²) >= 11 is 0. The molecule has 1 aliphatic heterocycles. The van der Waals surface area contributed by atoms with Crippen molar-refractivity contribution in [3.05, 3.63) is 17.3 Å². The highest BCUT2D eigenvalue weighted by atomic mass is 16.5. The second-order valence-electron chi connectivity index (χ2n) is 3.51. The van der Waals surface area contributed by atoms with Gasteiger partial charge in [0.05, 0.1) is 6.54 Å². The summed E-state index contributed by atoms with van der Waals surface area (Å²) in [6.45, 7) is 4.71. The molecule has 0 aromatic carbocycles. The number of aryl methyl sites for hydroxylation is 2. The first kappa shape index (κ1) is 8.63. The Balaban J connectivity index is 2.21. The molecule has 2 heterocycles. The van der Waals surface area contributed by atoms with E-state index in [1.165, 1.54) is 11.3 Å². The number of hydrogen-bond donors (Lipinski definition) is 1. The Hall–Kier alpha value is -0.960. The van der Waals surface area contributed by atoms with Gasteiger partial charge in [0.15, 0.2) is 5.88 Å². The minimum atomic E-state index is 0.754. The van der Waals surface area contributed by atoms with Crippen LogP contribution >= 0.6 is 0 Å². The van der Waals surface area contributed by atoms with Gasteiger partial charge in [0.1, 0.15) is 6.61 Å². The summed E-state index contributed by atoms with van der Waals surface area (Å²) in [4.78, 5) is 0. The van der Waals surface area contributed by atoms with Crippen molar-refractivity contribution in [2.24, 2.45) is 5.73 Å². The Morgan fingerprint density at radius 3 is 3.23 bits per heavy atom. The molecule has 0 saturated carbocycles. The lowest BCUT2D eigenvalue weighted by Gasteiger charge is -1.99. The molecular formula is C10H16N2O. The zero-order valence-corrected chi connectivity index (χ0v) is 8.05. The van der Waals surface area contributed by atoms with Gasteiger partial charge in [-0.1, -0.05) is 0 Å². The smallest absolute Gasteiger partial charge is 0.197 e. The fourth-order valence-corrected chi connectivity index (χ4v) is 1.88. The molecule has 0 aliphatic carbocycles. The summed E-state index contributed by atoms with van der Waals surface area (Å²) in [5.41, 5.74) is 8.11. The van der Waals surface area contributed by atoms with Gasteiger partial charge in [0.2, 0.25) is 0 Å². The Labute approximate surface area is 78.5 Å². The van der Waals surface area contributed by atoms with Gasteiger partial charge in [0, 0.05) is 11.3 Å². The van der Waals surface area contributed by atoms with Crippen LogP contribution in [0.25, 0.3) is 0 Å². The van der Waals surface area contributed by atoms with Gasteiger partial charge >= 0.3 is 0 Å². The lowest BCUT2D eigenvalue weighted by molar-refractivity contribution is 0.353. The summed E-state index contributed by atoms with van der Waals surface area (Å²) in [6.07, 6.45) is 2.08. The van der Waals surface area contributed by atoms with E-state index in [1.807, 2.05) is 0 Å². The van der Waals surface area contributed by atoms with Crippen LogP contribution in [0.2, 0.25) is 0 Å². The molecule has 2 rings (SSSR count). The first-order valence-electron chi connectivity index (χ1n) is 4.85. The number of nitrogens with zero attached hydrogens (tertiary/aromatic N) is 1. The SMILES string of the molecule is Cc1cc(CCCN)c2n1CCO2. The third kappa shape index (κ3) is 1.44. The van der Waals surface area contributed by atoms with Crippen LogP contribution in [0.15, 0.2) is 6.07 Å². The van der Waals surface area contributed by atoms with E-state index < -0.39 is 0 Å². The molecule has 72 valence electrons. The fraction of sp³-hybridized carbons (Fsp3) is 0.600. The minimum Gasteiger partial charge on any atom is -0.477 e. The van der Waals surface area contributed by atoms with E-state index >= 15 is 0 Å². The molecule has 1 aliphatic rings. The van der Waals surface area contributed by atoms with E-state index in [0.29, 0.717) is 0 Å². The third-order valence-corrected chi connectivity index (χ3v) is 2.53. The average Bonchev–Trinajstić information content (AvgIpc) is 2.67. The summed E-state index contributed by atoms with van der Waals surface area (Å²) in [6, 6.07) is 2.21. The van der Waals surface area contributed by atoms with Gasteiger partial charge in [-0.15, -0.1) is 0 Å². The predicted octanol–water partition coefficient (Wildman–Crippen LogP) is 1.08. The zero-order valence-electron chi connectivity index (χ0n) is 8.05. The van der Waals surface area contributed by atoms with Crippen LogP contribution in [0.4, 0.5) is 0 Å². The van der Waals surface area contributed by atoms with E-state index in [1.54, 1.807) is 0 Å². The topological polar surface area (TPSA) is 40.2 Å². The number of nitrogens with two attached hydrogens (primary N) is 1. The molecule has 0 radical (unpaired) electrons. The Morgan fingerprint density at radius 1 is 1.62 bits per heavy atom. The van der Waals surface area contributed by atoms with Gasteiger partial charge in [-0.25, -0.2) is 0 Å². The molecular weight excluding hydrogens is 164 g/mol. The largest absolute Gasteiger partial charge is 0.477 e. The maximum absolute atomic E-state index is 5.57. The van der Waals surface area contributed by atoms with Crippen LogP contribution in [0.1, 0.15) is 17.7 Å². The van der Waals surface area contributed by atoms with E-state index in [2.05, 4.69) is 17.6 Å². The molecule has 0 bridgehead atoms. The summed E-state index contributed by atoms with van der Waals surface area (Å²) in [7, 11) is 0. The fourth-order valence-electron chi connectivity index (χ4n) is 1.88. The Kier molecular flexibility index (Phi) is 2.27. The second-order valence-corrected chi connectivity index (χ2v) is 3.51. The standard InChI is InChI=1S/C10H16N2O/c1-8-7-9(3-2-4-11)10-12(8)5-6-13-10/h7H,2-6,11H2,1H3. The van der Waals surface area contributed by atoms with Crippen molar-refractivity contribution in [1.82, 2.24) is 4.57 Å². The number of rotatable bonds is 3. The van der Waals surface area contributed by atoms with Gasteiger partial charge in [0.25, 0.3) is 0 Å². The van der Waals surface area contributed by atoms with Crippen LogP contribution in [0.3, 0.4) is 0 Å². The van der Waals surface area contributed by atoms with Gasteiger partial charge in [-0.3, -0.25) is 0 Å². The third-order valence-electron chi connectivity index (χ3n) is 2.53. The first-order chi connectivity index (χ1) is 6.33. The van der Waals surface area contributed by atoms with Crippen molar-refractivity contribution in [1.29, 1.82) is 0 Å². The Morgan fingerprint density at radius 2 is 2.46 bits per heavy atom. The van der Waals surface area contributed by atoms with E-state index in [-0.39, 0.29) is 0 Å². The molecule has 0 atom stereocenters. The number of fused-ring (bicyclic) bond motifs is 1. The average molecular weight is 180 g/mol. The summed E-state index contributed by atoms with van der Waals surface area (Å²) in [5.74, 6) is 1.07. The molecule has 2 N–H and O–H groups in total. The van der Waals surface area contributed by atoms with E-state index in [4.69, 9.17) is 10.5 Å². The maximum atomic E-state index is 5.57. The van der Waals surface area contributed by atoms with Crippen molar-refractivity contribution in [3.8, 4) is 5.88 Å². The number of ether oxygens (including phenoxy) is 1. The summed E-state index contributed by atoms with van der Waals surface area (Å²) < 4.78 is 7.81. The van der Waals surface area contributed by atoms with E-state index in [0.717, 1.165) is 38.4 Å². The lowest BCUT2D eigenvalue weighted by atomic mass is 10.2. The molecule has 0 unspecified atom stereocenters. The van der Waals surface area contributed by atoms with Crippen LogP contribution < -0.4 is 10.5 Å². The highest BCUT2D eigenvalue weighted by molar-refractivity contribution is 5.34. The molecule has 3 heteroatoms. The molecule has 13 heavy (non-hydrogen) atoms. The Bertz CT molecular complexity index is 304. The normalized spacial score (nSPS) is 14.3. The predicted molar refractivity (Wildman–Crippen MR) is 52.0 cm³/mol. The minimum absolute atomic E-state index is 0.754. The van der Waals surface area contributed by atoms with Crippen LogP contribution in [-0.2, 0) is 13.0 Å². The summed E-state index contributed by atoms with van der Waals surface area (Å²) in [5, 5.41) is 0. The van der Waals surface area contributed by atoms with Gasteiger partial charge in [-0.2, -0.15) is 0 Å². The van der Waals surface area contributed by atoms with Crippen molar-refractivity contribution in [2.45, 2.75) is 26.3 Å². The van der Waals surface area contributed by atoms with Crippen LogP contribution in [0.5, 0.6) is 5.88 Å². The zero-order chi connectivity index (χ0) is 9.26. The molecule has 0 amide bonds. The van der Waals surface area contributed by atoms with Gasteiger partial charge < -0.3 is 15.0 Å². The molecule has 0 saturated heterocycles. The highest BCUT2D eigenvalue weighted by Gasteiger charge is 2.18. The molecule has 3 nitrogen and oxygen atoms in total.